The second-order valence-electron chi connectivity index (χ2n) is 10.6. The number of aryl methyl sites for hydroxylation is 2. The smallest absolute Gasteiger partial charge is 0.131 e. The zero-order chi connectivity index (χ0) is 24.0. The number of hydrogen-bond donors (Lipinski definition) is 2. The molecule has 0 aliphatic carbocycles. The van der Waals surface area contributed by atoms with Crippen molar-refractivity contribution in [2.45, 2.75) is 86.0 Å². The maximum absolute atomic E-state index is 11.0. The van der Waals surface area contributed by atoms with Gasteiger partial charge in [-0.05, 0) is 87.5 Å². The van der Waals surface area contributed by atoms with Gasteiger partial charge in [-0.2, -0.15) is 0 Å². The molecule has 3 aromatic rings. The molecular weight excluding hydrogens is 404 g/mol. The van der Waals surface area contributed by atoms with Gasteiger partial charge in [-0.1, -0.05) is 69.5 Å². The minimum absolute atomic E-state index is 0.281. The highest BCUT2D eigenvalue weighted by atomic mass is 16.3. The molecular formula is C31H42O2. The number of rotatable bonds is 11. The van der Waals surface area contributed by atoms with E-state index in [4.69, 9.17) is 0 Å². The Hall–Kier alpha value is -2.48. The lowest BCUT2D eigenvalue weighted by Crippen LogP contribution is -1.96. The van der Waals surface area contributed by atoms with Gasteiger partial charge in [-0.25, -0.2) is 0 Å². The van der Waals surface area contributed by atoms with E-state index >= 15 is 0 Å². The third kappa shape index (κ3) is 6.76. The Balaban J connectivity index is 1.74. The number of allylic oxidation sites excluding steroid dienone is 2. The van der Waals surface area contributed by atoms with Crippen LogP contribution >= 0.6 is 0 Å². The topological polar surface area (TPSA) is 40.5 Å². The molecule has 0 heterocycles. The second-order valence-corrected chi connectivity index (χ2v) is 10.6. The number of phenolic OH excluding ortho intramolecular Hbond substituents is 2. The van der Waals surface area contributed by atoms with E-state index in [-0.39, 0.29) is 11.5 Å². The number of hydrogen-bond acceptors (Lipinski definition) is 2. The fourth-order valence-electron chi connectivity index (χ4n) is 4.76. The van der Waals surface area contributed by atoms with E-state index in [0.717, 1.165) is 53.1 Å². The quantitative estimate of drug-likeness (QED) is 0.175. The van der Waals surface area contributed by atoms with Gasteiger partial charge in [0.25, 0.3) is 0 Å². The van der Waals surface area contributed by atoms with Gasteiger partial charge in [0.15, 0.2) is 0 Å². The Morgan fingerprint density at radius 3 is 1.73 bits per heavy atom. The third-order valence-corrected chi connectivity index (χ3v) is 6.81. The summed E-state index contributed by atoms with van der Waals surface area (Å²) in [6.07, 6.45) is 11.4. The molecule has 2 nitrogen and oxygen atoms in total. The van der Waals surface area contributed by atoms with Gasteiger partial charge in [0.2, 0.25) is 0 Å². The average Bonchev–Trinajstić information content (AvgIpc) is 2.77. The highest BCUT2D eigenvalue weighted by molar-refractivity contribution is 6.10. The highest BCUT2D eigenvalue weighted by Gasteiger charge is 2.14. The lowest BCUT2D eigenvalue weighted by molar-refractivity contribution is 0.477. The standard InChI is InChI=1S/C31H42O2/c1-21(2)9-6-11-23(5)12-8-14-25-16-18-27-29(20-25)31(33)26-17-15-24(13-7-10-22(3)4)19-28(26)30(27)32/h9,15-20,22-23,32-33H,6-8,10-14H2,1-5H3. The predicted octanol–water partition coefficient (Wildman–Crippen LogP) is 9.09. The number of phenols is 2. The Labute approximate surface area is 200 Å². The lowest BCUT2D eigenvalue weighted by Gasteiger charge is -2.13. The molecule has 0 aliphatic rings. The maximum Gasteiger partial charge on any atom is 0.131 e. The summed E-state index contributed by atoms with van der Waals surface area (Å²) < 4.78 is 0. The molecule has 0 aliphatic heterocycles. The molecule has 178 valence electrons. The molecule has 1 unspecified atom stereocenters. The Morgan fingerprint density at radius 1 is 0.727 bits per heavy atom. The van der Waals surface area contributed by atoms with Crippen LogP contribution in [0.15, 0.2) is 48.0 Å². The van der Waals surface area contributed by atoms with Gasteiger partial charge in [0, 0.05) is 21.5 Å². The van der Waals surface area contributed by atoms with Crippen LogP contribution in [0, 0.1) is 11.8 Å². The number of aromatic hydroxyl groups is 2. The molecule has 0 fully saturated rings. The van der Waals surface area contributed by atoms with Gasteiger partial charge in [-0.15, -0.1) is 0 Å². The number of fused-ring (bicyclic) bond motifs is 2. The van der Waals surface area contributed by atoms with Crippen LogP contribution in [0.25, 0.3) is 21.5 Å². The summed E-state index contributed by atoms with van der Waals surface area (Å²) in [4.78, 5) is 0. The van der Waals surface area contributed by atoms with Gasteiger partial charge in [0.1, 0.15) is 11.5 Å². The molecule has 0 saturated carbocycles. The highest BCUT2D eigenvalue weighted by Crippen LogP contribution is 2.42. The van der Waals surface area contributed by atoms with Crippen molar-refractivity contribution in [2.24, 2.45) is 11.8 Å². The van der Waals surface area contributed by atoms with E-state index in [1.165, 1.54) is 42.4 Å². The molecule has 0 spiro atoms. The summed E-state index contributed by atoms with van der Waals surface area (Å²) in [5.41, 5.74) is 3.84. The van der Waals surface area contributed by atoms with Crippen LogP contribution in [0.3, 0.4) is 0 Å². The Morgan fingerprint density at radius 2 is 1.24 bits per heavy atom. The van der Waals surface area contributed by atoms with Crippen LogP contribution in [0.4, 0.5) is 0 Å². The summed E-state index contributed by atoms with van der Waals surface area (Å²) in [7, 11) is 0. The fraction of sp³-hybridized carbons (Fsp3) is 0.484. The van der Waals surface area contributed by atoms with E-state index in [9.17, 15) is 10.2 Å². The van der Waals surface area contributed by atoms with Crippen molar-refractivity contribution >= 4 is 21.5 Å². The van der Waals surface area contributed by atoms with Crippen LogP contribution < -0.4 is 0 Å². The molecule has 2 heteroatoms. The molecule has 0 aromatic heterocycles. The average molecular weight is 447 g/mol. The maximum atomic E-state index is 11.0. The van der Waals surface area contributed by atoms with Crippen molar-refractivity contribution in [2.75, 3.05) is 0 Å². The van der Waals surface area contributed by atoms with Gasteiger partial charge >= 0.3 is 0 Å². The van der Waals surface area contributed by atoms with Crippen LogP contribution in [0.1, 0.15) is 84.3 Å². The van der Waals surface area contributed by atoms with Gasteiger partial charge in [0.05, 0.1) is 0 Å². The summed E-state index contributed by atoms with van der Waals surface area (Å²) in [6, 6.07) is 12.3. The molecule has 0 saturated heterocycles. The SMILES string of the molecule is CC(C)=CCCC(C)CCCc1ccc2c(O)c3cc(CCCC(C)C)ccc3c(O)c2c1. The largest absolute Gasteiger partial charge is 0.507 e. The van der Waals surface area contributed by atoms with E-state index in [1.54, 1.807) is 0 Å². The van der Waals surface area contributed by atoms with Crippen molar-refractivity contribution in [3.8, 4) is 11.5 Å². The summed E-state index contributed by atoms with van der Waals surface area (Å²) in [6.45, 7) is 11.2. The van der Waals surface area contributed by atoms with Crippen LogP contribution in [0.5, 0.6) is 11.5 Å². The zero-order valence-corrected chi connectivity index (χ0v) is 21.2. The van der Waals surface area contributed by atoms with Crippen molar-refractivity contribution in [1.29, 1.82) is 0 Å². The van der Waals surface area contributed by atoms with Crippen LogP contribution in [0.2, 0.25) is 0 Å². The fourth-order valence-corrected chi connectivity index (χ4v) is 4.76. The minimum Gasteiger partial charge on any atom is -0.507 e. The zero-order valence-electron chi connectivity index (χ0n) is 21.2. The van der Waals surface area contributed by atoms with E-state index < -0.39 is 0 Å². The first-order valence-corrected chi connectivity index (χ1v) is 12.8. The molecule has 1 atom stereocenters. The normalized spacial score (nSPS) is 12.5. The van der Waals surface area contributed by atoms with Gasteiger partial charge < -0.3 is 10.2 Å². The van der Waals surface area contributed by atoms with Crippen molar-refractivity contribution in [1.82, 2.24) is 0 Å². The predicted molar refractivity (Wildman–Crippen MR) is 143 cm³/mol. The monoisotopic (exact) mass is 446 g/mol. The summed E-state index contributed by atoms with van der Waals surface area (Å²) >= 11 is 0. The third-order valence-electron chi connectivity index (χ3n) is 6.81. The molecule has 0 radical (unpaired) electrons. The van der Waals surface area contributed by atoms with Gasteiger partial charge in [-0.3, -0.25) is 0 Å². The molecule has 0 amide bonds. The van der Waals surface area contributed by atoms with E-state index in [0.29, 0.717) is 5.92 Å². The molecule has 2 N–H and O–H groups in total. The first kappa shape index (κ1) is 25.1. The molecule has 3 rings (SSSR count). The summed E-state index contributed by atoms with van der Waals surface area (Å²) in [5, 5.41) is 25.0. The lowest BCUT2D eigenvalue weighted by atomic mass is 9.93. The molecule has 3 aromatic carbocycles. The Bertz CT molecular complexity index is 1100. The van der Waals surface area contributed by atoms with Crippen LogP contribution in [-0.2, 0) is 12.8 Å². The van der Waals surface area contributed by atoms with Crippen molar-refractivity contribution in [3.05, 3.63) is 59.2 Å². The van der Waals surface area contributed by atoms with Crippen molar-refractivity contribution in [3.63, 3.8) is 0 Å². The van der Waals surface area contributed by atoms with Crippen molar-refractivity contribution < 1.29 is 10.2 Å². The Kier molecular flexibility index (Phi) is 8.83. The minimum atomic E-state index is 0.281. The second kappa shape index (κ2) is 11.6. The van der Waals surface area contributed by atoms with Crippen LogP contribution in [-0.4, -0.2) is 10.2 Å². The number of benzene rings is 3. The molecule has 33 heavy (non-hydrogen) atoms. The first-order valence-electron chi connectivity index (χ1n) is 12.8. The van der Waals surface area contributed by atoms with E-state index in [1.807, 2.05) is 12.1 Å². The molecule has 0 bridgehead atoms. The van der Waals surface area contributed by atoms with E-state index in [2.05, 4.69) is 65.0 Å². The summed E-state index contributed by atoms with van der Waals surface area (Å²) in [5.74, 6) is 1.98. The first-order chi connectivity index (χ1) is 15.8.